The summed E-state index contributed by atoms with van der Waals surface area (Å²) in [7, 11) is 0. The summed E-state index contributed by atoms with van der Waals surface area (Å²) >= 11 is 3.37. The van der Waals surface area contributed by atoms with Gasteiger partial charge < -0.3 is 4.74 Å². The molecule has 2 aromatic rings. The lowest BCUT2D eigenvalue weighted by Crippen LogP contribution is -2.17. The second-order valence-electron chi connectivity index (χ2n) is 4.32. The van der Waals surface area contributed by atoms with Crippen molar-refractivity contribution in [2.75, 3.05) is 6.61 Å². The van der Waals surface area contributed by atoms with Gasteiger partial charge in [-0.15, -0.1) is 0 Å². The molecule has 0 unspecified atom stereocenters. The van der Waals surface area contributed by atoms with Crippen molar-refractivity contribution in [3.05, 3.63) is 63.9 Å². The minimum atomic E-state index is -0.413. The highest BCUT2D eigenvalue weighted by Gasteiger charge is 2.05. The van der Waals surface area contributed by atoms with E-state index in [0.29, 0.717) is 17.9 Å². The first kappa shape index (κ1) is 16.2. The zero-order valence-electron chi connectivity index (χ0n) is 11.8. The van der Waals surface area contributed by atoms with Crippen molar-refractivity contribution in [1.82, 2.24) is 5.43 Å². The monoisotopic (exact) mass is 364 g/mol. The standard InChI is InChI=1S/C16H14BrFN2O2/c1-2-22-15-8-5-13(17)9-12(15)10-19-20-16(21)11-3-6-14(18)7-4-11/h3-10H,2H2,1H3,(H,20,21)/b19-10+. The summed E-state index contributed by atoms with van der Waals surface area (Å²) in [5, 5.41) is 3.91. The van der Waals surface area contributed by atoms with Crippen LogP contribution in [0.15, 0.2) is 52.0 Å². The van der Waals surface area contributed by atoms with E-state index in [4.69, 9.17) is 4.74 Å². The molecule has 0 spiro atoms. The Morgan fingerprint density at radius 2 is 2.05 bits per heavy atom. The van der Waals surface area contributed by atoms with E-state index in [-0.39, 0.29) is 0 Å². The summed E-state index contributed by atoms with van der Waals surface area (Å²) in [4.78, 5) is 11.8. The van der Waals surface area contributed by atoms with Crippen molar-refractivity contribution in [3.8, 4) is 5.75 Å². The first-order chi connectivity index (χ1) is 10.6. The first-order valence-electron chi connectivity index (χ1n) is 6.61. The summed E-state index contributed by atoms with van der Waals surface area (Å²) in [6.07, 6.45) is 1.50. The maximum absolute atomic E-state index is 12.8. The molecule has 0 aliphatic rings. The summed E-state index contributed by atoms with van der Waals surface area (Å²) < 4.78 is 19.2. The molecule has 1 N–H and O–H groups in total. The highest BCUT2D eigenvalue weighted by atomic mass is 79.9. The summed E-state index contributed by atoms with van der Waals surface area (Å²) in [6.45, 7) is 2.42. The Hall–Kier alpha value is -2.21. The van der Waals surface area contributed by atoms with E-state index in [2.05, 4.69) is 26.5 Å². The third-order valence-electron chi connectivity index (χ3n) is 2.75. The van der Waals surface area contributed by atoms with Crippen LogP contribution in [0.25, 0.3) is 0 Å². The number of rotatable bonds is 5. The number of hydrogen-bond donors (Lipinski definition) is 1. The van der Waals surface area contributed by atoms with Crippen molar-refractivity contribution in [2.24, 2.45) is 5.10 Å². The number of carbonyl (C=O) groups is 1. The fraction of sp³-hybridized carbons (Fsp3) is 0.125. The van der Waals surface area contributed by atoms with Gasteiger partial charge in [-0.2, -0.15) is 5.10 Å². The number of benzene rings is 2. The molecule has 114 valence electrons. The van der Waals surface area contributed by atoms with Crippen LogP contribution in [0, 0.1) is 5.82 Å². The van der Waals surface area contributed by atoms with Crippen LogP contribution in [0.5, 0.6) is 5.75 Å². The SMILES string of the molecule is CCOc1ccc(Br)cc1/C=N/NC(=O)c1ccc(F)cc1. The van der Waals surface area contributed by atoms with E-state index in [1.54, 1.807) is 0 Å². The van der Waals surface area contributed by atoms with Crippen molar-refractivity contribution >= 4 is 28.1 Å². The Bertz CT molecular complexity index is 687. The smallest absolute Gasteiger partial charge is 0.271 e. The molecule has 1 amide bonds. The number of amides is 1. The Labute approximate surface area is 136 Å². The van der Waals surface area contributed by atoms with Gasteiger partial charge in [-0.3, -0.25) is 4.79 Å². The second kappa shape index (κ2) is 7.70. The zero-order chi connectivity index (χ0) is 15.9. The van der Waals surface area contributed by atoms with Gasteiger partial charge in [0.1, 0.15) is 11.6 Å². The average Bonchev–Trinajstić information content (AvgIpc) is 2.50. The molecular weight excluding hydrogens is 351 g/mol. The summed E-state index contributed by atoms with van der Waals surface area (Å²) in [5.41, 5.74) is 3.46. The number of hydrazone groups is 1. The third kappa shape index (κ3) is 4.39. The third-order valence-corrected chi connectivity index (χ3v) is 3.24. The summed E-state index contributed by atoms with van der Waals surface area (Å²) in [5.74, 6) is -0.134. The number of halogens is 2. The van der Waals surface area contributed by atoms with Crippen LogP contribution in [0.2, 0.25) is 0 Å². The van der Waals surface area contributed by atoms with Gasteiger partial charge in [0.2, 0.25) is 0 Å². The van der Waals surface area contributed by atoms with Crippen LogP contribution in [0.1, 0.15) is 22.8 Å². The average molecular weight is 365 g/mol. The number of hydrogen-bond acceptors (Lipinski definition) is 3. The molecule has 0 saturated heterocycles. The Morgan fingerprint density at radius 3 is 2.73 bits per heavy atom. The fourth-order valence-corrected chi connectivity index (χ4v) is 2.11. The molecule has 2 rings (SSSR count). The van der Waals surface area contributed by atoms with Crippen molar-refractivity contribution in [3.63, 3.8) is 0 Å². The maximum atomic E-state index is 12.8. The van der Waals surface area contributed by atoms with Crippen LogP contribution in [0.4, 0.5) is 4.39 Å². The van der Waals surface area contributed by atoms with E-state index in [0.717, 1.165) is 10.0 Å². The molecule has 0 saturated carbocycles. The Morgan fingerprint density at radius 1 is 1.32 bits per heavy atom. The van der Waals surface area contributed by atoms with Crippen LogP contribution in [-0.2, 0) is 0 Å². The number of carbonyl (C=O) groups excluding carboxylic acids is 1. The summed E-state index contributed by atoms with van der Waals surface area (Å²) in [6, 6.07) is 10.7. The van der Waals surface area contributed by atoms with E-state index in [9.17, 15) is 9.18 Å². The van der Waals surface area contributed by atoms with Crippen LogP contribution in [0.3, 0.4) is 0 Å². The molecule has 0 bridgehead atoms. The molecule has 0 radical (unpaired) electrons. The lowest BCUT2D eigenvalue weighted by molar-refractivity contribution is 0.0955. The van der Waals surface area contributed by atoms with Crippen LogP contribution in [-0.4, -0.2) is 18.7 Å². The zero-order valence-corrected chi connectivity index (χ0v) is 13.4. The Balaban J connectivity index is 2.07. The number of nitrogens with one attached hydrogen (secondary N) is 1. The molecule has 2 aromatic carbocycles. The van der Waals surface area contributed by atoms with Gasteiger partial charge in [0.05, 0.1) is 12.8 Å². The van der Waals surface area contributed by atoms with Gasteiger partial charge in [-0.1, -0.05) is 15.9 Å². The van der Waals surface area contributed by atoms with Crippen LogP contribution >= 0.6 is 15.9 Å². The first-order valence-corrected chi connectivity index (χ1v) is 7.40. The molecule has 4 nitrogen and oxygen atoms in total. The fourth-order valence-electron chi connectivity index (χ4n) is 1.73. The lowest BCUT2D eigenvalue weighted by Gasteiger charge is -2.07. The van der Waals surface area contributed by atoms with E-state index >= 15 is 0 Å². The predicted octanol–water partition coefficient (Wildman–Crippen LogP) is 3.75. The number of nitrogens with zero attached hydrogens (tertiary/aromatic N) is 1. The van der Waals surface area contributed by atoms with E-state index in [1.165, 1.54) is 30.5 Å². The number of ether oxygens (including phenoxy) is 1. The van der Waals surface area contributed by atoms with Gasteiger partial charge >= 0.3 is 0 Å². The normalized spacial score (nSPS) is 10.7. The van der Waals surface area contributed by atoms with Gasteiger partial charge in [0, 0.05) is 15.6 Å². The molecular formula is C16H14BrFN2O2. The molecule has 22 heavy (non-hydrogen) atoms. The van der Waals surface area contributed by atoms with Gasteiger partial charge in [0.25, 0.3) is 5.91 Å². The van der Waals surface area contributed by atoms with Crippen molar-refractivity contribution < 1.29 is 13.9 Å². The van der Waals surface area contributed by atoms with Gasteiger partial charge in [0.15, 0.2) is 0 Å². The molecule has 0 fully saturated rings. The molecule has 0 atom stereocenters. The molecule has 0 aliphatic carbocycles. The minimum absolute atomic E-state index is 0.331. The molecule has 0 heterocycles. The van der Waals surface area contributed by atoms with Gasteiger partial charge in [-0.05, 0) is 49.4 Å². The maximum Gasteiger partial charge on any atom is 0.271 e. The molecule has 6 heteroatoms. The van der Waals surface area contributed by atoms with Gasteiger partial charge in [-0.25, -0.2) is 9.82 Å². The van der Waals surface area contributed by atoms with Crippen LogP contribution < -0.4 is 10.2 Å². The highest BCUT2D eigenvalue weighted by molar-refractivity contribution is 9.10. The lowest BCUT2D eigenvalue weighted by atomic mass is 10.2. The van der Waals surface area contributed by atoms with E-state index in [1.807, 2.05) is 25.1 Å². The molecule has 0 aliphatic heterocycles. The molecule has 0 aromatic heterocycles. The highest BCUT2D eigenvalue weighted by Crippen LogP contribution is 2.21. The minimum Gasteiger partial charge on any atom is -0.493 e. The van der Waals surface area contributed by atoms with Crippen molar-refractivity contribution in [1.29, 1.82) is 0 Å². The largest absolute Gasteiger partial charge is 0.493 e. The topological polar surface area (TPSA) is 50.7 Å². The second-order valence-corrected chi connectivity index (χ2v) is 5.24. The quantitative estimate of drug-likeness (QED) is 0.648. The predicted molar refractivity (Wildman–Crippen MR) is 86.8 cm³/mol. The Kier molecular flexibility index (Phi) is 5.66. The van der Waals surface area contributed by atoms with E-state index < -0.39 is 11.7 Å². The van der Waals surface area contributed by atoms with Crippen molar-refractivity contribution in [2.45, 2.75) is 6.92 Å².